The van der Waals surface area contributed by atoms with Crippen LogP contribution in [0.15, 0.2) is 17.0 Å². The topological polar surface area (TPSA) is 72.6 Å². The average molecular weight is 339 g/mol. The van der Waals surface area contributed by atoms with Gasteiger partial charge in [-0.2, -0.15) is 4.31 Å². The summed E-state index contributed by atoms with van der Waals surface area (Å²) in [5, 5.41) is 0.0700. The lowest BCUT2D eigenvalue weighted by molar-refractivity contribution is 0.0752. The lowest BCUT2D eigenvalue weighted by Gasteiger charge is -2.23. The smallest absolute Gasteiger partial charge is 0.246 e. The predicted molar refractivity (Wildman–Crippen MR) is 79.7 cm³/mol. The molecule has 0 aliphatic carbocycles. The van der Waals surface area contributed by atoms with Crippen LogP contribution in [0.3, 0.4) is 0 Å². The number of nitrogens with two attached hydrogens (primary N) is 1. The van der Waals surface area contributed by atoms with Crippen LogP contribution in [0.4, 0.5) is 5.69 Å². The number of rotatable bonds is 2. The molecule has 2 N–H and O–H groups in total. The molecule has 2 rings (SSSR count). The Labute approximate surface area is 128 Å². The summed E-state index contributed by atoms with van der Waals surface area (Å²) < 4.78 is 32.2. The van der Waals surface area contributed by atoms with Gasteiger partial charge in [-0.1, -0.05) is 23.2 Å². The summed E-state index contributed by atoms with van der Waals surface area (Å²) in [6.07, 6.45) is 0.465. The quantitative estimate of drug-likeness (QED) is 0.840. The molecule has 112 valence electrons. The van der Waals surface area contributed by atoms with Crippen molar-refractivity contribution in [2.45, 2.75) is 24.3 Å². The number of ether oxygens (including phenoxy) is 1. The molecule has 0 aromatic heterocycles. The fraction of sp³-hybridized carbons (Fsp3) is 0.500. The standard InChI is InChI=1S/C12H16Cl2N2O3S/c1-8-7-16(3-2-4-19-8)20(17,18)12-10(13)5-9(15)6-11(12)14/h5-6,8H,2-4,7,15H2,1H3. The summed E-state index contributed by atoms with van der Waals surface area (Å²) in [4.78, 5) is -0.0934. The second-order valence-corrected chi connectivity index (χ2v) is 7.40. The number of halogens is 2. The maximum Gasteiger partial charge on any atom is 0.246 e. The van der Waals surface area contributed by atoms with Crippen LogP contribution in [0.5, 0.6) is 0 Å². The summed E-state index contributed by atoms with van der Waals surface area (Å²) >= 11 is 12.0. The second kappa shape index (κ2) is 6.07. The summed E-state index contributed by atoms with van der Waals surface area (Å²) in [6.45, 7) is 3.03. The first kappa shape index (κ1) is 15.9. The normalized spacial score (nSPS) is 21.6. The van der Waals surface area contributed by atoms with E-state index in [9.17, 15) is 8.42 Å². The highest BCUT2D eigenvalue weighted by Crippen LogP contribution is 2.34. The van der Waals surface area contributed by atoms with E-state index in [2.05, 4.69) is 0 Å². The Bertz CT molecular complexity index is 584. The molecular weight excluding hydrogens is 323 g/mol. The first-order chi connectivity index (χ1) is 9.32. The van der Waals surface area contributed by atoms with Crippen LogP contribution in [-0.2, 0) is 14.8 Å². The van der Waals surface area contributed by atoms with Gasteiger partial charge in [-0.05, 0) is 25.5 Å². The predicted octanol–water partition coefficient (Wildman–Crippen LogP) is 2.38. The molecule has 1 aromatic carbocycles. The summed E-state index contributed by atoms with van der Waals surface area (Å²) in [5.74, 6) is 0. The zero-order chi connectivity index (χ0) is 14.9. The van der Waals surface area contributed by atoms with Gasteiger partial charge in [-0.25, -0.2) is 8.42 Å². The zero-order valence-corrected chi connectivity index (χ0v) is 13.3. The van der Waals surface area contributed by atoms with Gasteiger partial charge >= 0.3 is 0 Å². The number of hydrogen-bond acceptors (Lipinski definition) is 4. The molecule has 1 aliphatic rings. The van der Waals surface area contributed by atoms with Crippen molar-refractivity contribution in [1.29, 1.82) is 0 Å². The summed E-state index contributed by atoms with van der Waals surface area (Å²) in [6, 6.07) is 2.77. The van der Waals surface area contributed by atoms with Gasteiger partial charge in [0.05, 0.1) is 16.1 Å². The first-order valence-corrected chi connectivity index (χ1v) is 8.38. The van der Waals surface area contributed by atoms with E-state index in [1.54, 1.807) is 0 Å². The number of hydrogen-bond donors (Lipinski definition) is 1. The zero-order valence-electron chi connectivity index (χ0n) is 11.0. The Morgan fingerprint density at radius 3 is 2.55 bits per heavy atom. The molecule has 0 amide bonds. The van der Waals surface area contributed by atoms with Crippen LogP contribution in [0.1, 0.15) is 13.3 Å². The molecule has 1 unspecified atom stereocenters. The minimum Gasteiger partial charge on any atom is -0.399 e. The minimum atomic E-state index is -3.76. The molecule has 0 radical (unpaired) electrons. The summed E-state index contributed by atoms with van der Waals surface area (Å²) in [7, 11) is -3.76. The molecule has 20 heavy (non-hydrogen) atoms. The third-order valence-corrected chi connectivity index (χ3v) is 5.82. The molecule has 0 spiro atoms. The Morgan fingerprint density at radius 1 is 1.35 bits per heavy atom. The van der Waals surface area contributed by atoms with E-state index in [0.29, 0.717) is 25.3 Å². The fourth-order valence-electron chi connectivity index (χ4n) is 2.13. The van der Waals surface area contributed by atoms with Crippen LogP contribution in [0.2, 0.25) is 10.0 Å². The largest absolute Gasteiger partial charge is 0.399 e. The van der Waals surface area contributed by atoms with Crippen molar-refractivity contribution in [2.75, 3.05) is 25.4 Å². The Kier molecular flexibility index (Phi) is 4.81. The molecule has 1 fully saturated rings. The molecule has 1 aromatic rings. The average Bonchev–Trinajstić information content (AvgIpc) is 2.52. The van der Waals surface area contributed by atoms with E-state index < -0.39 is 10.0 Å². The van der Waals surface area contributed by atoms with Crippen molar-refractivity contribution in [3.8, 4) is 0 Å². The van der Waals surface area contributed by atoms with Crippen molar-refractivity contribution in [2.24, 2.45) is 0 Å². The SMILES string of the molecule is CC1CN(S(=O)(=O)c2c(Cl)cc(N)cc2Cl)CCCO1. The molecule has 1 atom stereocenters. The number of benzene rings is 1. The third-order valence-electron chi connectivity index (χ3n) is 3.03. The number of nitrogens with zero attached hydrogens (tertiary/aromatic N) is 1. The van der Waals surface area contributed by atoms with Crippen LogP contribution in [0, 0.1) is 0 Å². The highest BCUT2D eigenvalue weighted by Gasteiger charge is 2.31. The van der Waals surface area contributed by atoms with E-state index in [-0.39, 0.29) is 27.6 Å². The Balaban J connectivity index is 2.44. The van der Waals surface area contributed by atoms with Gasteiger partial charge in [-0.3, -0.25) is 0 Å². The number of sulfonamides is 1. The molecule has 5 nitrogen and oxygen atoms in total. The van der Waals surface area contributed by atoms with Crippen LogP contribution in [0.25, 0.3) is 0 Å². The van der Waals surface area contributed by atoms with Gasteiger partial charge in [-0.15, -0.1) is 0 Å². The van der Waals surface area contributed by atoms with Crippen molar-refractivity contribution in [3.05, 3.63) is 22.2 Å². The van der Waals surface area contributed by atoms with Crippen LogP contribution in [-0.4, -0.2) is 38.5 Å². The van der Waals surface area contributed by atoms with E-state index >= 15 is 0 Å². The van der Waals surface area contributed by atoms with Crippen molar-refractivity contribution >= 4 is 38.9 Å². The molecule has 1 heterocycles. The van der Waals surface area contributed by atoms with Gasteiger partial charge < -0.3 is 10.5 Å². The van der Waals surface area contributed by atoms with Gasteiger partial charge in [0.1, 0.15) is 4.90 Å². The lowest BCUT2D eigenvalue weighted by Crippen LogP contribution is -2.36. The van der Waals surface area contributed by atoms with Crippen molar-refractivity contribution in [3.63, 3.8) is 0 Å². The monoisotopic (exact) mass is 338 g/mol. The molecular formula is C12H16Cl2N2O3S. The Morgan fingerprint density at radius 2 is 1.95 bits per heavy atom. The number of nitrogen functional groups attached to an aromatic ring is 1. The second-order valence-electron chi connectivity index (χ2n) is 4.71. The van der Waals surface area contributed by atoms with E-state index in [0.717, 1.165) is 0 Å². The van der Waals surface area contributed by atoms with Gasteiger partial charge in [0.2, 0.25) is 10.0 Å². The third kappa shape index (κ3) is 3.20. The lowest BCUT2D eigenvalue weighted by atomic mass is 10.3. The van der Waals surface area contributed by atoms with E-state index in [1.807, 2.05) is 6.92 Å². The molecule has 0 bridgehead atoms. The molecule has 1 saturated heterocycles. The first-order valence-electron chi connectivity index (χ1n) is 6.18. The maximum absolute atomic E-state index is 12.7. The highest BCUT2D eigenvalue weighted by molar-refractivity contribution is 7.89. The highest BCUT2D eigenvalue weighted by atomic mass is 35.5. The molecule has 8 heteroatoms. The number of anilines is 1. The van der Waals surface area contributed by atoms with Crippen LogP contribution >= 0.6 is 23.2 Å². The van der Waals surface area contributed by atoms with Gasteiger partial charge in [0, 0.05) is 25.4 Å². The van der Waals surface area contributed by atoms with E-state index in [4.69, 9.17) is 33.7 Å². The fourth-order valence-corrected chi connectivity index (χ4v) is 4.86. The van der Waals surface area contributed by atoms with Gasteiger partial charge in [0.15, 0.2) is 0 Å². The minimum absolute atomic E-state index is 0.0350. The summed E-state index contributed by atoms with van der Waals surface area (Å²) in [5.41, 5.74) is 5.93. The van der Waals surface area contributed by atoms with E-state index in [1.165, 1.54) is 16.4 Å². The molecule has 1 aliphatic heterocycles. The molecule has 0 saturated carbocycles. The van der Waals surface area contributed by atoms with Crippen LogP contribution < -0.4 is 5.73 Å². The van der Waals surface area contributed by atoms with Gasteiger partial charge in [0.25, 0.3) is 0 Å². The Hall–Kier alpha value is -0.530. The maximum atomic E-state index is 12.7. The van der Waals surface area contributed by atoms with Crippen molar-refractivity contribution in [1.82, 2.24) is 4.31 Å². The van der Waals surface area contributed by atoms with Crippen molar-refractivity contribution < 1.29 is 13.2 Å².